The normalized spacial score (nSPS) is 13.1. The first-order valence-electron chi connectivity index (χ1n) is 7.23. The molecule has 2 aromatic rings. The summed E-state index contributed by atoms with van der Waals surface area (Å²) in [6, 6.07) is 10.8. The van der Waals surface area contributed by atoms with Gasteiger partial charge in [-0.2, -0.15) is 0 Å². The predicted octanol–water partition coefficient (Wildman–Crippen LogP) is 3.97. The van der Waals surface area contributed by atoms with Gasteiger partial charge in [0.1, 0.15) is 5.25 Å². The molecule has 1 amide bonds. The van der Waals surface area contributed by atoms with Gasteiger partial charge < -0.3 is 10.4 Å². The van der Waals surface area contributed by atoms with Crippen LogP contribution in [0.3, 0.4) is 0 Å². The maximum atomic E-state index is 12.4. The van der Waals surface area contributed by atoms with Gasteiger partial charge in [-0.05, 0) is 42.8 Å². The molecule has 0 aliphatic heterocycles. The van der Waals surface area contributed by atoms with Crippen molar-refractivity contribution in [3.63, 3.8) is 0 Å². The number of carbonyl (C=O) groups excluding carboxylic acids is 1. The van der Waals surface area contributed by atoms with Gasteiger partial charge in [0.2, 0.25) is 5.91 Å². The number of carbonyl (C=O) groups is 2. The minimum atomic E-state index is -1.53. The molecule has 25 heavy (non-hydrogen) atoms. The Kier molecular flexibility index (Phi) is 6.58. The van der Waals surface area contributed by atoms with Crippen LogP contribution in [-0.2, 0) is 21.3 Å². The summed E-state index contributed by atoms with van der Waals surface area (Å²) in [6.07, 6.45) is 0. The summed E-state index contributed by atoms with van der Waals surface area (Å²) in [5, 5.41) is 11.5. The van der Waals surface area contributed by atoms with Crippen LogP contribution in [-0.4, -0.2) is 26.4 Å². The topological polar surface area (TPSA) is 83.5 Å². The Balaban J connectivity index is 2.06. The number of hydrogen-bond acceptors (Lipinski definition) is 3. The summed E-state index contributed by atoms with van der Waals surface area (Å²) >= 11 is 11.9. The lowest BCUT2D eigenvalue weighted by Gasteiger charge is -2.13. The van der Waals surface area contributed by atoms with Gasteiger partial charge >= 0.3 is 5.97 Å². The molecule has 0 saturated carbocycles. The van der Waals surface area contributed by atoms with Crippen molar-refractivity contribution in [1.82, 2.24) is 0 Å². The second-order valence-corrected chi connectivity index (χ2v) is 7.89. The smallest absolute Gasteiger partial charge is 0.335 e. The Labute approximate surface area is 157 Å². The molecular formula is C17H15Cl2NO4S. The number of benzene rings is 2. The maximum Gasteiger partial charge on any atom is 0.335 e. The number of hydrogen-bond donors (Lipinski definition) is 2. The number of carboxylic acid groups (broad SMARTS) is 1. The first-order chi connectivity index (χ1) is 11.8. The van der Waals surface area contributed by atoms with Crippen LogP contribution >= 0.6 is 23.2 Å². The van der Waals surface area contributed by atoms with E-state index in [-0.39, 0.29) is 11.3 Å². The number of nitrogens with one attached hydrogen (secondary N) is 1. The molecule has 0 fully saturated rings. The van der Waals surface area contributed by atoms with Gasteiger partial charge in [0.05, 0.1) is 16.3 Å². The molecule has 0 heterocycles. The summed E-state index contributed by atoms with van der Waals surface area (Å²) in [5.41, 5.74) is 1.03. The van der Waals surface area contributed by atoms with E-state index in [0.717, 1.165) is 0 Å². The van der Waals surface area contributed by atoms with Gasteiger partial charge in [0, 0.05) is 21.6 Å². The molecule has 0 saturated heterocycles. The van der Waals surface area contributed by atoms with Crippen molar-refractivity contribution in [1.29, 1.82) is 0 Å². The fourth-order valence-electron chi connectivity index (χ4n) is 2.03. The Hall–Kier alpha value is -1.89. The van der Waals surface area contributed by atoms with Crippen LogP contribution in [0, 0.1) is 0 Å². The fraction of sp³-hybridized carbons (Fsp3) is 0.176. The van der Waals surface area contributed by atoms with Crippen LogP contribution in [0.2, 0.25) is 10.0 Å². The van der Waals surface area contributed by atoms with Crippen LogP contribution in [0.4, 0.5) is 5.69 Å². The van der Waals surface area contributed by atoms with Crippen LogP contribution in [0.5, 0.6) is 0 Å². The quantitative estimate of drug-likeness (QED) is 0.769. The van der Waals surface area contributed by atoms with Gasteiger partial charge in [0.15, 0.2) is 0 Å². The standard InChI is InChI=1S/C17H15Cl2NO4S/c1-10(16(21)20-15-8-13(18)5-6-14(15)19)25(24)9-11-3-2-4-12(7-11)17(22)23/h2-8,10H,9H2,1H3,(H,20,21)(H,22,23). The van der Waals surface area contributed by atoms with E-state index in [0.29, 0.717) is 21.3 Å². The highest BCUT2D eigenvalue weighted by atomic mass is 35.5. The van der Waals surface area contributed by atoms with Crippen molar-refractivity contribution < 1.29 is 18.9 Å². The summed E-state index contributed by atoms with van der Waals surface area (Å²) < 4.78 is 12.4. The molecule has 2 rings (SSSR count). The highest BCUT2D eigenvalue weighted by molar-refractivity contribution is 7.85. The molecule has 0 spiro atoms. The van der Waals surface area contributed by atoms with Gasteiger partial charge in [-0.15, -0.1) is 0 Å². The summed E-state index contributed by atoms with van der Waals surface area (Å²) in [7, 11) is -1.53. The van der Waals surface area contributed by atoms with E-state index in [1.165, 1.54) is 25.1 Å². The van der Waals surface area contributed by atoms with Crippen molar-refractivity contribution in [2.45, 2.75) is 17.9 Å². The van der Waals surface area contributed by atoms with Crippen molar-refractivity contribution in [2.75, 3.05) is 5.32 Å². The van der Waals surface area contributed by atoms with Gasteiger partial charge in [0.25, 0.3) is 0 Å². The van der Waals surface area contributed by atoms with E-state index in [9.17, 15) is 13.8 Å². The third-order valence-corrected chi connectivity index (χ3v) is 5.62. The minimum Gasteiger partial charge on any atom is -0.478 e. The lowest BCUT2D eigenvalue weighted by atomic mass is 10.1. The molecule has 132 valence electrons. The molecular weight excluding hydrogens is 385 g/mol. The number of carboxylic acids is 1. The Morgan fingerprint density at radius 2 is 1.92 bits per heavy atom. The molecule has 5 nitrogen and oxygen atoms in total. The maximum absolute atomic E-state index is 12.4. The van der Waals surface area contributed by atoms with E-state index in [1.807, 2.05) is 0 Å². The second kappa shape index (κ2) is 8.47. The number of aromatic carboxylic acids is 1. The predicted molar refractivity (Wildman–Crippen MR) is 99.8 cm³/mol. The van der Waals surface area contributed by atoms with Crippen molar-refractivity contribution in [3.05, 3.63) is 63.6 Å². The van der Waals surface area contributed by atoms with Crippen molar-refractivity contribution in [3.8, 4) is 0 Å². The second-order valence-electron chi connectivity index (χ2n) is 5.29. The van der Waals surface area contributed by atoms with Crippen LogP contribution in [0.15, 0.2) is 42.5 Å². The monoisotopic (exact) mass is 399 g/mol. The average Bonchev–Trinajstić information content (AvgIpc) is 2.57. The molecule has 0 aromatic heterocycles. The molecule has 2 aromatic carbocycles. The minimum absolute atomic E-state index is 0.0684. The number of rotatable bonds is 6. The van der Waals surface area contributed by atoms with Gasteiger partial charge in [-0.1, -0.05) is 35.3 Å². The Morgan fingerprint density at radius 3 is 2.60 bits per heavy atom. The lowest BCUT2D eigenvalue weighted by Crippen LogP contribution is -2.29. The largest absolute Gasteiger partial charge is 0.478 e. The first kappa shape index (κ1) is 19.4. The van der Waals surface area contributed by atoms with E-state index >= 15 is 0 Å². The van der Waals surface area contributed by atoms with Crippen molar-refractivity contribution >= 4 is 51.6 Å². The number of anilines is 1. The van der Waals surface area contributed by atoms with E-state index in [4.69, 9.17) is 28.3 Å². The molecule has 2 N–H and O–H groups in total. The Bertz CT molecular complexity index is 841. The molecule has 0 aliphatic rings. The highest BCUT2D eigenvalue weighted by Crippen LogP contribution is 2.25. The number of amides is 1. The molecule has 2 atom stereocenters. The zero-order chi connectivity index (χ0) is 18.6. The van der Waals surface area contributed by atoms with E-state index < -0.39 is 27.9 Å². The van der Waals surface area contributed by atoms with E-state index in [1.54, 1.807) is 24.3 Å². The van der Waals surface area contributed by atoms with Crippen LogP contribution in [0.25, 0.3) is 0 Å². The Morgan fingerprint density at radius 1 is 1.20 bits per heavy atom. The highest BCUT2D eigenvalue weighted by Gasteiger charge is 2.21. The third-order valence-electron chi connectivity index (χ3n) is 3.43. The van der Waals surface area contributed by atoms with E-state index in [2.05, 4.69) is 5.32 Å². The van der Waals surface area contributed by atoms with Crippen LogP contribution < -0.4 is 5.32 Å². The van der Waals surface area contributed by atoms with Gasteiger partial charge in [-0.3, -0.25) is 9.00 Å². The third kappa shape index (κ3) is 5.29. The zero-order valence-corrected chi connectivity index (χ0v) is 15.5. The molecule has 8 heteroatoms. The average molecular weight is 400 g/mol. The lowest BCUT2D eigenvalue weighted by molar-refractivity contribution is -0.115. The number of halogens is 2. The first-order valence-corrected chi connectivity index (χ1v) is 9.37. The summed E-state index contributed by atoms with van der Waals surface area (Å²) in [5.74, 6) is -1.45. The fourth-order valence-corrected chi connectivity index (χ4v) is 3.42. The molecule has 0 aliphatic carbocycles. The molecule has 2 unspecified atom stereocenters. The molecule has 0 bridgehead atoms. The molecule has 0 radical (unpaired) electrons. The summed E-state index contributed by atoms with van der Waals surface area (Å²) in [6.45, 7) is 1.53. The van der Waals surface area contributed by atoms with Gasteiger partial charge in [-0.25, -0.2) is 4.79 Å². The SMILES string of the molecule is CC(C(=O)Nc1cc(Cl)ccc1Cl)S(=O)Cc1cccc(C(=O)O)c1. The summed E-state index contributed by atoms with van der Waals surface area (Å²) in [4.78, 5) is 23.3. The zero-order valence-electron chi connectivity index (χ0n) is 13.2. The van der Waals surface area contributed by atoms with Crippen molar-refractivity contribution in [2.24, 2.45) is 0 Å². The van der Waals surface area contributed by atoms with Crippen LogP contribution in [0.1, 0.15) is 22.8 Å².